The van der Waals surface area contributed by atoms with E-state index in [9.17, 15) is 0 Å². The fourth-order valence-electron chi connectivity index (χ4n) is 12.7. The highest BCUT2D eigenvalue weighted by Crippen LogP contribution is 2.65. The van der Waals surface area contributed by atoms with Crippen molar-refractivity contribution < 1.29 is 0 Å². The lowest BCUT2D eigenvalue weighted by Crippen LogP contribution is -2.28. The Morgan fingerprint density at radius 1 is 0.234 bits per heavy atom. The smallest absolute Gasteiger partial charge is 0.0728 e. The topological polar surface area (TPSA) is 13.0 Å². The highest BCUT2D eigenvalue weighted by Gasteiger charge is 2.53. The first-order valence-electron chi connectivity index (χ1n) is 27.4. The standard InChI is InChI=1S/C73H58N4/c1-9-25-53(26-10-1)74(54-27-11-2-12-28-54)61-41-45-65-66-46-42-62(75(55-29-13-3-14-30-55)56-31-15-4-16-32-56)50-70(66)73(69(65)49-61)71-51-63(76(57-33-17-5-18-34-57)58-35-19-6-20-36-58)43-47-67(71)68-48-44-64(52-72(68)73)77(59-37-21-7-22-38-59)60-39-23-8-24-40-60/h1-3,5-6,9-15,17-21,23,25-52H,4,7-8,16,22,24H2. The zero-order valence-electron chi connectivity index (χ0n) is 43.1. The van der Waals surface area contributed by atoms with Crippen molar-refractivity contribution >= 4 is 51.2 Å². The lowest BCUT2D eigenvalue weighted by Gasteiger charge is -2.35. The first-order valence-corrected chi connectivity index (χ1v) is 27.4. The molecular formula is C73H58N4. The van der Waals surface area contributed by atoms with Crippen LogP contribution in [0.25, 0.3) is 22.3 Å². The monoisotopic (exact) mass is 990 g/mol. The molecule has 0 bridgehead atoms. The van der Waals surface area contributed by atoms with Gasteiger partial charge in [-0.3, -0.25) is 0 Å². The van der Waals surface area contributed by atoms with Crippen molar-refractivity contribution in [2.24, 2.45) is 0 Å². The Bertz CT molecular complexity index is 3660. The van der Waals surface area contributed by atoms with Crippen LogP contribution in [0.15, 0.2) is 296 Å². The van der Waals surface area contributed by atoms with Gasteiger partial charge in [-0.2, -0.15) is 0 Å². The quantitative estimate of drug-likeness (QED) is 0.121. The summed E-state index contributed by atoms with van der Waals surface area (Å²) in [5.41, 5.74) is 23.0. The summed E-state index contributed by atoms with van der Waals surface area (Å²) in [6.07, 6.45) is 27.3. The van der Waals surface area contributed by atoms with E-state index in [4.69, 9.17) is 0 Å². The Balaban J connectivity index is 1.09. The van der Waals surface area contributed by atoms with E-state index in [1.165, 1.54) is 61.6 Å². The van der Waals surface area contributed by atoms with Crippen molar-refractivity contribution in [3.63, 3.8) is 0 Å². The van der Waals surface area contributed by atoms with Gasteiger partial charge in [0.25, 0.3) is 0 Å². The molecule has 0 radical (unpaired) electrons. The molecule has 0 heterocycles. The SMILES string of the molecule is C1=CC(N(C2=CCCC=C2)c2ccc3c(c2)C2(c4cc(N(C5=CCCC=C5)c5ccccc5)ccc4-c4ccc(N(c5ccccc5)c5ccccc5)cc42)c2cc(N(c4ccccc4)c4ccccc4)ccc2-3)=CCC1. The molecule has 1 spiro atoms. The van der Waals surface area contributed by atoms with Crippen molar-refractivity contribution in [1.82, 2.24) is 0 Å². The normalized spacial score (nSPS) is 16.4. The Morgan fingerprint density at radius 2 is 0.494 bits per heavy atom. The molecule has 4 heteroatoms. The molecule has 0 fully saturated rings. The van der Waals surface area contributed by atoms with Crippen LogP contribution in [-0.2, 0) is 5.41 Å². The molecule has 9 aromatic rings. The van der Waals surface area contributed by atoms with E-state index in [1.54, 1.807) is 0 Å². The number of benzene rings is 9. The largest absolute Gasteiger partial charge is 0.311 e. The third kappa shape index (κ3) is 7.99. The van der Waals surface area contributed by atoms with Crippen molar-refractivity contribution in [2.45, 2.75) is 43.9 Å². The van der Waals surface area contributed by atoms with Crippen molar-refractivity contribution in [2.75, 3.05) is 19.6 Å². The maximum absolute atomic E-state index is 2.56. The Morgan fingerprint density at radius 3 is 0.779 bits per heavy atom. The number of hydrogen-bond donors (Lipinski definition) is 0. The maximum Gasteiger partial charge on any atom is 0.0728 e. The average molecular weight is 991 g/mol. The number of rotatable bonds is 12. The number of nitrogens with zero attached hydrogens (tertiary/aromatic N) is 4. The van der Waals surface area contributed by atoms with Gasteiger partial charge in [-0.25, -0.2) is 0 Å². The molecule has 0 aliphatic heterocycles. The molecule has 9 aromatic carbocycles. The summed E-state index contributed by atoms with van der Waals surface area (Å²) < 4.78 is 0. The predicted molar refractivity (Wildman–Crippen MR) is 323 cm³/mol. The molecular weight excluding hydrogens is 933 g/mol. The lowest BCUT2D eigenvalue weighted by molar-refractivity contribution is 0.792. The molecule has 4 nitrogen and oxygen atoms in total. The second-order valence-corrected chi connectivity index (χ2v) is 20.5. The van der Waals surface area contributed by atoms with Gasteiger partial charge in [0.1, 0.15) is 0 Å². The zero-order valence-corrected chi connectivity index (χ0v) is 43.1. The van der Waals surface area contributed by atoms with Crippen molar-refractivity contribution in [1.29, 1.82) is 0 Å². The van der Waals surface area contributed by atoms with E-state index in [2.05, 4.69) is 299 Å². The third-order valence-corrected chi connectivity index (χ3v) is 16.0. The number of hydrogen-bond acceptors (Lipinski definition) is 4. The van der Waals surface area contributed by atoms with Crippen molar-refractivity contribution in [3.05, 3.63) is 318 Å². The summed E-state index contributed by atoms with van der Waals surface area (Å²) in [7, 11) is 0. The molecule has 5 aliphatic carbocycles. The van der Waals surface area contributed by atoms with Crippen molar-refractivity contribution in [3.8, 4) is 22.3 Å². The molecule has 77 heavy (non-hydrogen) atoms. The molecule has 0 N–H and O–H groups in total. The van der Waals surface area contributed by atoms with Crippen LogP contribution in [0.4, 0.5) is 51.2 Å². The van der Waals surface area contributed by atoms with E-state index in [0.717, 1.165) is 89.7 Å². The Labute approximate surface area is 453 Å². The minimum Gasteiger partial charge on any atom is -0.311 e. The van der Waals surface area contributed by atoms with E-state index in [0.29, 0.717) is 0 Å². The minimum absolute atomic E-state index is 0.774. The molecule has 5 aliphatic rings. The summed E-state index contributed by atoms with van der Waals surface area (Å²) in [6.45, 7) is 0. The summed E-state index contributed by atoms with van der Waals surface area (Å²) in [4.78, 5) is 9.81. The molecule has 0 saturated carbocycles. The van der Waals surface area contributed by atoms with Crippen LogP contribution in [0.5, 0.6) is 0 Å². The minimum atomic E-state index is -0.774. The number of fused-ring (bicyclic) bond motifs is 10. The highest BCUT2D eigenvalue weighted by molar-refractivity contribution is 5.99. The first-order chi connectivity index (χ1) is 38.2. The van der Waals surface area contributed by atoms with Crippen LogP contribution in [-0.4, -0.2) is 0 Å². The molecule has 370 valence electrons. The van der Waals surface area contributed by atoms with Gasteiger partial charge in [0, 0.05) is 68.3 Å². The van der Waals surface area contributed by atoms with Crippen LogP contribution in [0.3, 0.4) is 0 Å². The number of allylic oxidation sites excluding steroid dienone is 9. The highest BCUT2D eigenvalue weighted by atomic mass is 15.2. The summed E-state index contributed by atoms with van der Waals surface area (Å²) in [5, 5.41) is 0. The fraction of sp³-hybridized carbons (Fsp3) is 0.0959. The van der Waals surface area contributed by atoms with Crippen LogP contribution in [0.2, 0.25) is 0 Å². The molecule has 0 amide bonds. The maximum atomic E-state index is 2.56. The van der Waals surface area contributed by atoms with Crippen LogP contribution in [0, 0.1) is 0 Å². The van der Waals surface area contributed by atoms with Gasteiger partial charge in [0.05, 0.1) is 5.41 Å². The van der Waals surface area contributed by atoms with Gasteiger partial charge in [0.15, 0.2) is 0 Å². The van der Waals surface area contributed by atoms with Gasteiger partial charge in [0.2, 0.25) is 0 Å². The second-order valence-electron chi connectivity index (χ2n) is 20.5. The average Bonchev–Trinajstić information content (AvgIpc) is 4.12. The zero-order chi connectivity index (χ0) is 51.1. The predicted octanol–water partition coefficient (Wildman–Crippen LogP) is 19.6. The molecule has 0 aromatic heterocycles. The third-order valence-electron chi connectivity index (χ3n) is 16.0. The Kier molecular flexibility index (Phi) is 11.8. The summed E-state index contributed by atoms with van der Waals surface area (Å²) in [6, 6.07) is 83.5. The number of para-hydroxylation sites is 5. The van der Waals surface area contributed by atoms with Gasteiger partial charge in [-0.05, 0) is 210 Å². The lowest BCUT2D eigenvalue weighted by atomic mass is 9.70. The molecule has 0 saturated heterocycles. The van der Waals surface area contributed by atoms with E-state index >= 15 is 0 Å². The van der Waals surface area contributed by atoms with Gasteiger partial charge < -0.3 is 19.6 Å². The van der Waals surface area contributed by atoms with Gasteiger partial charge in [-0.15, -0.1) is 0 Å². The first kappa shape index (κ1) is 46.2. The summed E-state index contributed by atoms with van der Waals surface area (Å²) >= 11 is 0. The van der Waals surface area contributed by atoms with E-state index in [1.807, 2.05) is 0 Å². The molecule has 1 unspecified atom stereocenters. The molecule has 14 rings (SSSR count). The Hall–Kier alpha value is -9.38. The second kappa shape index (κ2) is 19.7. The van der Waals surface area contributed by atoms with Gasteiger partial charge >= 0.3 is 0 Å². The number of anilines is 9. The molecule has 1 atom stereocenters. The van der Waals surface area contributed by atoms with Crippen LogP contribution >= 0.6 is 0 Å². The fourth-order valence-corrected chi connectivity index (χ4v) is 12.7. The van der Waals surface area contributed by atoms with E-state index in [-0.39, 0.29) is 0 Å². The van der Waals surface area contributed by atoms with Gasteiger partial charge in [-0.1, -0.05) is 152 Å². The van der Waals surface area contributed by atoms with E-state index < -0.39 is 5.41 Å². The summed E-state index contributed by atoms with van der Waals surface area (Å²) in [5.74, 6) is 0. The van der Waals surface area contributed by atoms with Crippen LogP contribution in [0.1, 0.15) is 60.8 Å². The van der Waals surface area contributed by atoms with Crippen LogP contribution < -0.4 is 19.6 Å².